The smallest absolute Gasteiger partial charge is 0.142 e. The molecular weight excluding hydrogens is 138 g/mol. The summed E-state index contributed by atoms with van der Waals surface area (Å²) in [6, 6.07) is 0. The molecule has 0 aromatic rings. The number of nitrogens with one attached hydrogen (secondary N) is 1. The van der Waals surface area contributed by atoms with E-state index in [2.05, 4.69) is 5.32 Å². The first kappa shape index (κ1) is 8.72. The molecule has 0 saturated carbocycles. The van der Waals surface area contributed by atoms with E-state index in [1.165, 1.54) is 0 Å². The van der Waals surface area contributed by atoms with Crippen LogP contribution in [0.15, 0.2) is 0 Å². The second-order valence-corrected chi connectivity index (χ2v) is 4.30. The predicted molar refractivity (Wildman–Crippen MR) is 45.4 cm³/mol. The maximum atomic E-state index is 11.6. The monoisotopic (exact) mass is 155 g/mol. The van der Waals surface area contributed by atoms with Gasteiger partial charge in [-0.2, -0.15) is 0 Å². The summed E-state index contributed by atoms with van der Waals surface area (Å²) in [5.41, 5.74) is -0.156. The summed E-state index contributed by atoms with van der Waals surface area (Å²) < 4.78 is 0. The zero-order valence-corrected chi connectivity index (χ0v) is 7.61. The fourth-order valence-electron chi connectivity index (χ4n) is 1.49. The molecule has 0 bridgehead atoms. The fourth-order valence-corrected chi connectivity index (χ4v) is 1.49. The van der Waals surface area contributed by atoms with Crippen LogP contribution in [0.1, 0.15) is 27.2 Å². The Morgan fingerprint density at radius 1 is 1.45 bits per heavy atom. The Morgan fingerprint density at radius 2 is 2.09 bits per heavy atom. The van der Waals surface area contributed by atoms with Crippen LogP contribution in [-0.4, -0.2) is 18.9 Å². The maximum absolute atomic E-state index is 11.6. The summed E-state index contributed by atoms with van der Waals surface area (Å²) >= 11 is 0. The van der Waals surface area contributed by atoms with Crippen molar-refractivity contribution in [2.45, 2.75) is 27.2 Å². The number of ketones is 1. The van der Waals surface area contributed by atoms with Crippen molar-refractivity contribution in [1.29, 1.82) is 0 Å². The first-order valence-corrected chi connectivity index (χ1v) is 4.27. The molecule has 0 aromatic carbocycles. The second-order valence-electron chi connectivity index (χ2n) is 4.30. The van der Waals surface area contributed by atoms with Crippen molar-refractivity contribution < 1.29 is 4.79 Å². The maximum Gasteiger partial charge on any atom is 0.142 e. The highest BCUT2D eigenvalue weighted by Gasteiger charge is 2.30. The quantitative estimate of drug-likeness (QED) is 0.616. The van der Waals surface area contributed by atoms with Crippen LogP contribution in [0.4, 0.5) is 0 Å². The van der Waals surface area contributed by atoms with Crippen LogP contribution in [0.3, 0.4) is 0 Å². The third kappa shape index (κ3) is 2.03. The van der Waals surface area contributed by atoms with Gasteiger partial charge >= 0.3 is 0 Å². The highest BCUT2D eigenvalue weighted by atomic mass is 16.1. The molecule has 1 N–H and O–H groups in total. The molecule has 0 unspecified atom stereocenters. The summed E-state index contributed by atoms with van der Waals surface area (Å²) in [4.78, 5) is 11.6. The lowest BCUT2D eigenvalue weighted by molar-refractivity contribution is -0.129. The number of carbonyl (C=O) groups excluding carboxylic acids is 1. The molecular formula is C9H17NO. The third-order valence-corrected chi connectivity index (χ3v) is 2.17. The number of hydrogen-bond donors (Lipinski definition) is 1. The Bertz CT molecular complexity index is 151. The van der Waals surface area contributed by atoms with Gasteiger partial charge < -0.3 is 5.32 Å². The molecule has 0 aliphatic carbocycles. The van der Waals surface area contributed by atoms with Gasteiger partial charge in [-0.15, -0.1) is 0 Å². The zero-order valence-electron chi connectivity index (χ0n) is 7.61. The molecule has 1 atom stereocenters. The van der Waals surface area contributed by atoms with Gasteiger partial charge in [-0.1, -0.05) is 20.8 Å². The normalized spacial score (nSPS) is 25.5. The molecule has 1 heterocycles. The highest BCUT2D eigenvalue weighted by Crippen LogP contribution is 2.23. The van der Waals surface area contributed by atoms with Crippen molar-refractivity contribution in [2.75, 3.05) is 13.1 Å². The van der Waals surface area contributed by atoms with Crippen molar-refractivity contribution in [3.05, 3.63) is 0 Å². The van der Waals surface area contributed by atoms with E-state index in [0.29, 0.717) is 5.78 Å². The Kier molecular flexibility index (Phi) is 2.33. The molecule has 0 radical (unpaired) electrons. The lowest BCUT2D eigenvalue weighted by Crippen LogP contribution is -2.29. The first-order chi connectivity index (χ1) is 5.02. The lowest BCUT2D eigenvalue weighted by atomic mass is 9.83. The molecule has 0 amide bonds. The molecule has 1 saturated heterocycles. The van der Waals surface area contributed by atoms with Gasteiger partial charge in [0.2, 0.25) is 0 Å². The number of rotatable bonds is 1. The Balaban J connectivity index is 2.53. The molecule has 1 rings (SSSR count). The summed E-state index contributed by atoms with van der Waals surface area (Å²) in [7, 11) is 0. The SMILES string of the molecule is CC(C)(C)C(=O)[C@H]1CCNC1. The van der Waals surface area contributed by atoms with Gasteiger partial charge in [0.1, 0.15) is 5.78 Å². The van der Waals surface area contributed by atoms with E-state index in [9.17, 15) is 4.79 Å². The van der Waals surface area contributed by atoms with Crippen LogP contribution in [0, 0.1) is 11.3 Å². The molecule has 64 valence electrons. The average molecular weight is 155 g/mol. The Morgan fingerprint density at radius 3 is 2.45 bits per heavy atom. The van der Waals surface area contributed by atoms with Crippen LogP contribution in [0.2, 0.25) is 0 Å². The van der Waals surface area contributed by atoms with E-state index >= 15 is 0 Å². The van der Waals surface area contributed by atoms with Crippen LogP contribution in [-0.2, 0) is 4.79 Å². The molecule has 1 aliphatic rings. The summed E-state index contributed by atoms with van der Waals surface area (Å²) in [6.45, 7) is 7.87. The van der Waals surface area contributed by atoms with E-state index in [1.54, 1.807) is 0 Å². The molecule has 1 fully saturated rings. The zero-order chi connectivity index (χ0) is 8.48. The van der Waals surface area contributed by atoms with E-state index < -0.39 is 0 Å². The second kappa shape index (κ2) is 2.94. The molecule has 2 nitrogen and oxygen atoms in total. The number of hydrogen-bond acceptors (Lipinski definition) is 2. The minimum absolute atomic E-state index is 0.156. The van der Waals surface area contributed by atoms with E-state index in [-0.39, 0.29) is 11.3 Å². The van der Waals surface area contributed by atoms with Gasteiger partial charge in [-0.25, -0.2) is 0 Å². The summed E-state index contributed by atoms with van der Waals surface area (Å²) in [5.74, 6) is 0.678. The van der Waals surface area contributed by atoms with E-state index in [0.717, 1.165) is 19.5 Å². The minimum atomic E-state index is -0.156. The fraction of sp³-hybridized carbons (Fsp3) is 0.889. The van der Waals surface area contributed by atoms with Crippen LogP contribution >= 0.6 is 0 Å². The van der Waals surface area contributed by atoms with E-state index in [1.807, 2.05) is 20.8 Å². The van der Waals surface area contributed by atoms with Crippen molar-refractivity contribution in [3.8, 4) is 0 Å². The molecule has 0 spiro atoms. The van der Waals surface area contributed by atoms with Crippen LogP contribution in [0.5, 0.6) is 0 Å². The van der Waals surface area contributed by atoms with Gasteiger partial charge in [0.25, 0.3) is 0 Å². The Labute approximate surface area is 68.4 Å². The number of Topliss-reactive ketones (excluding diaryl/α,β-unsaturated/α-hetero) is 1. The molecule has 0 aromatic heterocycles. The van der Waals surface area contributed by atoms with Crippen molar-refractivity contribution >= 4 is 5.78 Å². The van der Waals surface area contributed by atoms with Crippen molar-refractivity contribution in [3.63, 3.8) is 0 Å². The summed E-state index contributed by atoms with van der Waals surface area (Å²) in [6.07, 6.45) is 1.02. The van der Waals surface area contributed by atoms with Crippen molar-refractivity contribution in [2.24, 2.45) is 11.3 Å². The number of carbonyl (C=O) groups is 1. The van der Waals surface area contributed by atoms with Gasteiger partial charge in [0, 0.05) is 17.9 Å². The van der Waals surface area contributed by atoms with Gasteiger partial charge in [-0.3, -0.25) is 4.79 Å². The Hall–Kier alpha value is -0.370. The van der Waals surface area contributed by atoms with Gasteiger partial charge in [0.15, 0.2) is 0 Å². The first-order valence-electron chi connectivity index (χ1n) is 4.27. The van der Waals surface area contributed by atoms with E-state index in [4.69, 9.17) is 0 Å². The molecule has 11 heavy (non-hydrogen) atoms. The molecule has 2 heteroatoms. The standard InChI is InChI=1S/C9H17NO/c1-9(2,3)8(11)7-4-5-10-6-7/h7,10H,4-6H2,1-3H3/t7-/m0/s1. The van der Waals surface area contributed by atoms with Gasteiger partial charge in [0.05, 0.1) is 0 Å². The predicted octanol–water partition coefficient (Wildman–Crippen LogP) is 1.21. The largest absolute Gasteiger partial charge is 0.316 e. The van der Waals surface area contributed by atoms with Gasteiger partial charge in [-0.05, 0) is 13.0 Å². The van der Waals surface area contributed by atoms with Crippen LogP contribution in [0.25, 0.3) is 0 Å². The average Bonchev–Trinajstić information content (AvgIpc) is 2.34. The van der Waals surface area contributed by atoms with Crippen LogP contribution < -0.4 is 5.32 Å². The summed E-state index contributed by atoms with van der Waals surface area (Å²) in [5, 5.41) is 3.20. The minimum Gasteiger partial charge on any atom is -0.316 e. The third-order valence-electron chi connectivity index (χ3n) is 2.17. The highest BCUT2D eigenvalue weighted by molar-refractivity contribution is 5.86. The molecule has 1 aliphatic heterocycles. The van der Waals surface area contributed by atoms with Crippen molar-refractivity contribution in [1.82, 2.24) is 5.32 Å². The lowest BCUT2D eigenvalue weighted by Gasteiger charge is -2.20. The topological polar surface area (TPSA) is 29.1 Å².